The summed E-state index contributed by atoms with van der Waals surface area (Å²) in [6.45, 7) is 3.19. The van der Waals surface area contributed by atoms with Crippen LogP contribution >= 0.6 is 0 Å². The van der Waals surface area contributed by atoms with Gasteiger partial charge in [0.05, 0.1) is 11.7 Å². The van der Waals surface area contributed by atoms with Gasteiger partial charge in [-0.1, -0.05) is 12.1 Å². The van der Waals surface area contributed by atoms with Gasteiger partial charge in [-0.25, -0.2) is 14.8 Å². The lowest BCUT2D eigenvalue weighted by Crippen LogP contribution is -2.22. The molecule has 2 N–H and O–H groups in total. The molecule has 0 unspecified atom stereocenters. The van der Waals surface area contributed by atoms with Crippen molar-refractivity contribution in [1.82, 2.24) is 19.9 Å². The molecule has 0 saturated heterocycles. The van der Waals surface area contributed by atoms with Crippen LogP contribution in [0.1, 0.15) is 38.7 Å². The largest absolute Gasteiger partial charge is 0.457 e. The Morgan fingerprint density at radius 3 is 2.96 bits per heavy atom. The number of hydrogen-bond donors (Lipinski definition) is 2. The van der Waals surface area contributed by atoms with Gasteiger partial charge in [0.25, 0.3) is 0 Å². The molecule has 1 aromatic carbocycles. The number of carbonyl (C=O) groups excluding carboxylic acids is 1. The van der Waals surface area contributed by atoms with Crippen molar-refractivity contribution in [3.8, 4) is 5.82 Å². The first kappa shape index (κ1) is 17.4. The van der Waals surface area contributed by atoms with Crippen molar-refractivity contribution in [3.05, 3.63) is 77.0 Å². The first-order valence-corrected chi connectivity index (χ1v) is 8.75. The summed E-state index contributed by atoms with van der Waals surface area (Å²) in [4.78, 5) is 20.0. The molecule has 1 aliphatic heterocycles. The molecule has 0 fully saturated rings. The Kier molecular flexibility index (Phi) is 4.70. The Morgan fingerprint density at radius 1 is 1.33 bits per heavy atom. The van der Waals surface area contributed by atoms with Crippen molar-refractivity contribution in [2.24, 2.45) is 0 Å². The molecule has 0 spiro atoms. The number of benzene rings is 1. The fraction of sp³-hybridized carbons (Fsp3) is 0.250. The number of aliphatic hydroxyl groups is 1. The van der Waals surface area contributed by atoms with Gasteiger partial charge in [-0.05, 0) is 35.7 Å². The maximum Gasteiger partial charge on any atom is 0.338 e. The molecule has 4 rings (SSSR count). The average Bonchev–Trinajstić information content (AvgIpc) is 3.33. The van der Waals surface area contributed by atoms with Crippen LogP contribution in [0.25, 0.3) is 5.82 Å². The molecule has 1 aliphatic rings. The molecular weight excluding hydrogens is 344 g/mol. The van der Waals surface area contributed by atoms with Crippen LogP contribution in [-0.4, -0.2) is 32.2 Å². The lowest BCUT2D eigenvalue weighted by Gasteiger charge is -2.16. The zero-order valence-corrected chi connectivity index (χ0v) is 14.9. The second-order valence-corrected chi connectivity index (χ2v) is 6.52. The molecule has 7 heteroatoms. The normalized spacial score (nSPS) is 14.1. The van der Waals surface area contributed by atoms with Gasteiger partial charge >= 0.3 is 5.97 Å². The fourth-order valence-corrected chi connectivity index (χ4v) is 3.26. The van der Waals surface area contributed by atoms with Gasteiger partial charge in [-0.15, -0.1) is 0 Å². The van der Waals surface area contributed by atoms with Crippen LogP contribution in [-0.2, 0) is 17.9 Å². The zero-order chi connectivity index (χ0) is 18.8. The van der Waals surface area contributed by atoms with Crippen molar-refractivity contribution in [3.63, 3.8) is 0 Å². The van der Waals surface area contributed by atoms with Gasteiger partial charge in [0, 0.05) is 37.2 Å². The number of cyclic esters (lactones) is 1. The summed E-state index contributed by atoms with van der Waals surface area (Å²) in [5.41, 5.74) is 4.22. The van der Waals surface area contributed by atoms with E-state index in [2.05, 4.69) is 15.3 Å². The highest BCUT2D eigenvalue weighted by Gasteiger charge is 2.25. The molecule has 0 amide bonds. The van der Waals surface area contributed by atoms with Crippen molar-refractivity contribution in [2.75, 3.05) is 6.54 Å². The number of rotatable bonds is 6. The van der Waals surface area contributed by atoms with Crippen LogP contribution in [0.15, 0.2) is 49.2 Å². The number of imidazole rings is 1. The predicted molar refractivity (Wildman–Crippen MR) is 98.3 cm³/mol. The lowest BCUT2D eigenvalue weighted by atomic mass is 9.95. The van der Waals surface area contributed by atoms with Crippen LogP contribution in [0.2, 0.25) is 0 Å². The third kappa shape index (κ3) is 3.47. The number of nitrogens with zero attached hydrogens (tertiary/aromatic N) is 3. The minimum absolute atomic E-state index is 0.281. The number of hydrogen-bond acceptors (Lipinski definition) is 6. The number of fused-ring (bicyclic) bond motifs is 1. The molecule has 0 radical (unpaired) electrons. The lowest BCUT2D eigenvalue weighted by molar-refractivity contribution is 0.0535. The van der Waals surface area contributed by atoms with E-state index in [0.717, 1.165) is 28.1 Å². The van der Waals surface area contributed by atoms with E-state index in [9.17, 15) is 9.90 Å². The smallest absolute Gasteiger partial charge is 0.338 e. The minimum Gasteiger partial charge on any atom is -0.457 e. The third-order valence-electron chi connectivity index (χ3n) is 4.81. The van der Waals surface area contributed by atoms with Gasteiger partial charge in [0.2, 0.25) is 0 Å². The van der Waals surface area contributed by atoms with Crippen molar-refractivity contribution in [2.45, 2.75) is 26.2 Å². The van der Waals surface area contributed by atoms with E-state index < -0.39 is 6.10 Å². The zero-order valence-electron chi connectivity index (χ0n) is 14.9. The monoisotopic (exact) mass is 364 g/mol. The SMILES string of the molecule is Cc1c([C@@H](O)CNCc2ccc(-n3ccnc3)nc2)ccc2c1COC2=O. The predicted octanol–water partition coefficient (Wildman–Crippen LogP) is 2.07. The van der Waals surface area contributed by atoms with Gasteiger partial charge in [-0.2, -0.15) is 0 Å². The van der Waals surface area contributed by atoms with Crippen molar-refractivity contribution >= 4 is 5.97 Å². The van der Waals surface area contributed by atoms with E-state index in [1.807, 2.05) is 29.8 Å². The quantitative estimate of drug-likeness (QED) is 0.651. The van der Waals surface area contributed by atoms with Gasteiger partial charge < -0.3 is 15.2 Å². The van der Waals surface area contributed by atoms with Gasteiger partial charge in [0.1, 0.15) is 18.8 Å². The summed E-state index contributed by atoms with van der Waals surface area (Å²) in [5, 5.41) is 13.8. The fourth-order valence-electron chi connectivity index (χ4n) is 3.26. The Bertz CT molecular complexity index is 952. The molecule has 3 heterocycles. The Labute approximate surface area is 156 Å². The summed E-state index contributed by atoms with van der Waals surface area (Å²) in [6, 6.07) is 7.45. The Morgan fingerprint density at radius 2 is 2.22 bits per heavy atom. The molecule has 0 bridgehead atoms. The average molecular weight is 364 g/mol. The van der Waals surface area contributed by atoms with E-state index >= 15 is 0 Å². The van der Waals surface area contributed by atoms with E-state index in [-0.39, 0.29) is 12.6 Å². The van der Waals surface area contributed by atoms with Crippen LogP contribution < -0.4 is 5.32 Å². The molecule has 2 aromatic heterocycles. The van der Waals surface area contributed by atoms with Gasteiger partial charge in [0.15, 0.2) is 0 Å². The molecule has 27 heavy (non-hydrogen) atoms. The number of pyridine rings is 1. The number of esters is 1. The Balaban J connectivity index is 1.36. The highest BCUT2D eigenvalue weighted by molar-refractivity contribution is 5.93. The topological polar surface area (TPSA) is 89.3 Å². The van der Waals surface area contributed by atoms with Crippen molar-refractivity contribution < 1.29 is 14.6 Å². The van der Waals surface area contributed by atoms with Crippen LogP contribution in [0.5, 0.6) is 0 Å². The molecule has 0 aliphatic carbocycles. The Hall–Kier alpha value is -3.03. The maximum absolute atomic E-state index is 11.6. The summed E-state index contributed by atoms with van der Waals surface area (Å²) < 4.78 is 6.90. The molecule has 7 nitrogen and oxygen atoms in total. The van der Waals surface area contributed by atoms with Crippen molar-refractivity contribution in [1.29, 1.82) is 0 Å². The summed E-state index contributed by atoms with van der Waals surface area (Å²) in [6.07, 6.45) is 6.39. The standard InChI is InChI=1S/C20H20N4O3/c1-13-15(3-4-16-17(13)11-27-20(16)26)18(25)10-22-8-14-2-5-19(23-9-14)24-7-6-21-12-24/h2-7,9,12,18,22,25H,8,10-11H2,1H3/t18-/m0/s1. The van der Waals surface area contributed by atoms with E-state index in [1.54, 1.807) is 30.9 Å². The number of aromatic nitrogens is 3. The van der Waals surface area contributed by atoms with Crippen LogP contribution in [0.4, 0.5) is 0 Å². The molecule has 3 aromatic rings. The second kappa shape index (κ2) is 7.30. The number of aliphatic hydroxyl groups excluding tert-OH is 1. The number of ether oxygens (including phenoxy) is 1. The van der Waals surface area contributed by atoms with E-state index in [0.29, 0.717) is 18.7 Å². The highest BCUT2D eigenvalue weighted by atomic mass is 16.5. The summed E-state index contributed by atoms with van der Waals surface area (Å²) >= 11 is 0. The van der Waals surface area contributed by atoms with E-state index in [4.69, 9.17) is 4.74 Å². The van der Waals surface area contributed by atoms with E-state index in [1.165, 1.54) is 0 Å². The third-order valence-corrected chi connectivity index (χ3v) is 4.81. The molecule has 138 valence electrons. The summed E-state index contributed by atoms with van der Waals surface area (Å²) in [5.74, 6) is 0.515. The second-order valence-electron chi connectivity index (χ2n) is 6.52. The molecule has 1 atom stereocenters. The maximum atomic E-state index is 11.6. The first-order chi connectivity index (χ1) is 13.1. The first-order valence-electron chi connectivity index (χ1n) is 8.75. The number of carbonyl (C=O) groups is 1. The highest BCUT2D eigenvalue weighted by Crippen LogP contribution is 2.28. The summed E-state index contributed by atoms with van der Waals surface area (Å²) in [7, 11) is 0. The van der Waals surface area contributed by atoms with Gasteiger partial charge in [-0.3, -0.25) is 4.57 Å². The minimum atomic E-state index is -0.663. The molecule has 0 saturated carbocycles. The van der Waals surface area contributed by atoms with Crippen LogP contribution in [0.3, 0.4) is 0 Å². The number of nitrogens with one attached hydrogen (secondary N) is 1. The van der Waals surface area contributed by atoms with Crippen LogP contribution in [0, 0.1) is 6.92 Å². The molecular formula is C20H20N4O3.